The Labute approximate surface area is 97.5 Å². The third-order valence-corrected chi connectivity index (χ3v) is 2.59. The molecule has 1 aromatic carbocycles. The number of alkyl halides is 1. The number of H-pyrrole nitrogens is 1. The number of hydrogen-bond acceptors (Lipinski definition) is 2. The highest BCUT2D eigenvalue weighted by Crippen LogP contribution is 2.22. The normalized spacial score (nSPS) is 10.6. The van der Waals surface area contributed by atoms with E-state index in [1.165, 1.54) is 0 Å². The summed E-state index contributed by atoms with van der Waals surface area (Å²) in [5.74, 6) is -0.404. The molecule has 5 heteroatoms. The molecule has 0 atom stereocenters. The quantitative estimate of drug-likeness (QED) is 0.752. The molecule has 0 aliphatic rings. The topological polar surface area (TPSA) is 65.1 Å². The van der Waals surface area contributed by atoms with Crippen molar-refractivity contribution in [1.29, 1.82) is 0 Å². The molecular weight excluding hydrogens is 222 g/mol. The predicted octanol–water partition coefficient (Wildman–Crippen LogP) is 1.50. The van der Waals surface area contributed by atoms with Gasteiger partial charge in [-0.1, -0.05) is 0 Å². The number of carbonyl (C=O) groups excluding carboxylic acids is 1. The van der Waals surface area contributed by atoms with Crippen molar-refractivity contribution in [3.05, 3.63) is 30.0 Å². The number of hydrogen-bond donors (Lipinski definition) is 3. The lowest BCUT2D eigenvalue weighted by Gasteiger charge is -2.02. The summed E-state index contributed by atoms with van der Waals surface area (Å²) in [4.78, 5) is 13.8. The van der Waals surface area contributed by atoms with Gasteiger partial charge in [-0.2, -0.15) is 0 Å². The van der Waals surface area contributed by atoms with Gasteiger partial charge in [0.2, 0.25) is 0 Å². The number of amides is 1. The number of aromatic nitrogens is 1. The van der Waals surface area contributed by atoms with Gasteiger partial charge in [0.25, 0.3) is 5.91 Å². The van der Waals surface area contributed by atoms with E-state index in [0.29, 0.717) is 13.0 Å². The van der Waals surface area contributed by atoms with E-state index in [0.717, 1.165) is 16.5 Å². The Balaban J connectivity index is 2.08. The summed E-state index contributed by atoms with van der Waals surface area (Å²) in [6.45, 7) is -0.611. The maximum absolute atomic E-state index is 11.9. The maximum atomic E-state index is 11.9. The van der Waals surface area contributed by atoms with Gasteiger partial charge in [0.1, 0.15) is 5.75 Å². The van der Waals surface area contributed by atoms with Gasteiger partial charge in [-0.05, 0) is 30.2 Å². The minimum Gasteiger partial charge on any atom is -0.508 e. The van der Waals surface area contributed by atoms with Crippen LogP contribution in [0.5, 0.6) is 5.75 Å². The van der Waals surface area contributed by atoms with Crippen LogP contribution >= 0.6 is 0 Å². The molecule has 2 rings (SSSR count). The number of aromatic hydroxyl groups is 1. The molecule has 1 aromatic heterocycles. The molecule has 0 fully saturated rings. The van der Waals surface area contributed by atoms with E-state index in [-0.39, 0.29) is 5.75 Å². The van der Waals surface area contributed by atoms with Crippen LogP contribution in [-0.4, -0.2) is 29.2 Å². The van der Waals surface area contributed by atoms with Crippen LogP contribution in [0.25, 0.3) is 10.9 Å². The fourth-order valence-electron chi connectivity index (χ4n) is 1.76. The van der Waals surface area contributed by atoms with Crippen LogP contribution in [0.3, 0.4) is 0 Å². The average molecular weight is 235 g/mol. The van der Waals surface area contributed by atoms with Crippen LogP contribution in [0.4, 0.5) is 4.39 Å². The summed E-state index contributed by atoms with van der Waals surface area (Å²) < 4.78 is 11.9. The largest absolute Gasteiger partial charge is 0.508 e. The first-order chi connectivity index (χ1) is 8.20. The van der Waals surface area contributed by atoms with E-state index in [1.54, 1.807) is 18.2 Å². The van der Waals surface area contributed by atoms with Crippen LogP contribution in [0.1, 0.15) is 5.56 Å². The number of aromatic amines is 1. The van der Waals surface area contributed by atoms with E-state index in [1.807, 2.05) is 6.20 Å². The van der Waals surface area contributed by atoms with E-state index in [2.05, 4.69) is 10.3 Å². The molecule has 0 aliphatic heterocycles. The summed E-state index contributed by atoms with van der Waals surface area (Å²) in [5.41, 5.74) is 1.91. The SMILES string of the molecule is O=C(C[18F])NCCc1c[nH]c2ccc(O)cc12. The van der Waals surface area contributed by atoms with Gasteiger partial charge >= 0.3 is 0 Å². The number of fused-ring (bicyclic) bond motifs is 1. The fourth-order valence-corrected chi connectivity index (χ4v) is 1.76. The lowest BCUT2D eigenvalue weighted by molar-refractivity contribution is -0.121. The zero-order valence-electron chi connectivity index (χ0n) is 9.16. The molecule has 0 aliphatic carbocycles. The minimum absolute atomic E-state index is 0.200. The third kappa shape index (κ3) is 2.55. The Morgan fingerprint density at radius 2 is 2.29 bits per heavy atom. The van der Waals surface area contributed by atoms with Crippen LogP contribution in [0.15, 0.2) is 24.4 Å². The standard InChI is InChI=1S/C12H13FN2O2/c13-6-12(17)14-4-3-8-7-15-11-2-1-9(16)5-10(8)11/h1-2,5,7,15-16H,3-4,6H2,(H,14,17)/i13-1. The molecule has 1 amide bonds. The summed E-state index contributed by atoms with van der Waals surface area (Å²) in [6.07, 6.45) is 2.42. The monoisotopic (exact) mass is 235 g/mol. The van der Waals surface area contributed by atoms with Crippen molar-refractivity contribution in [3.8, 4) is 5.75 Å². The number of halogens is 1. The maximum Gasteiger partial charge on any atom is 0.251 e. The minimum atomic E-state index is -0.991. The molecule has 2 aromatic rings. The molecule has 0 bridgehead atoms. The molecule has 4 nitrogen and oxygen atoms in total. The molecule has 0 unspecified atom stereocenters. The third-order valence-electron chi connectivity index (χ3n) is 2.59. The number of phenolic OH excluding ortho intramolecular Hbond substituents is 1. The van der Waals surface area contributed by atoms with Crippen molar-refractivity contribution in [3.63, 3.8) is 0 Å². The van der Waals surface area contributed by atoms with E-state index >= 15 is 0 Å². The molecule has 0 saturated heterocycles. The number of phenols is 1. The van der Waals surface area contributed by atoms with Gasteiger partial charge < -0.3 is 15.4 Å². The molecular formula is C12H13FN2O2. The second kappa shape index (κ2) is 4.86. The van der Waals surface area contributed by atoms with Gasteiger partial charge in [-0.25, -0.2) is 4.39 Å². The molecule has 0 spiro atoms. The Kier molecular flexibility index (Phi) is 3.27. The smallest absolute Gasteiger partial charge is 0.251 e. The molecule has 3 N–H and O–H groups in total. The van der Waals surface area contributed by atoms with Crippen molar-refractivity contribution in [2.75, 3.05) is 13.2 Å². The fraction of sp³-hybridized carbons (Fsp3) is 0.250. The van der Waals surface area contributed by atoms with E-state index < -0.39 is 12.6 Å². The van der Waals surface area contributed by atoms with Crippen molar-refractivity contribution < 1.29 is 14.3 Å². The highest BCUT2D eigenvalue weighted by Gasteiger charge is 2.05. The zero-order chi connectivity index (χ0) is 12.3. The number of benzene rings is 1. The van der Waals surface area contributed by atoms with Gasteiger partial charge in [0.15, 0.2) is 6.67 Å². The summed E-state index contributed by atoms with van der Waals surface area (Å²) >= 11 is 0. The Bertz CT molecular complexity index is 536. The van der Waals surface area contributed by atoms with Crippen molar-refractivity contribution in [2.45, 2.75) is 6.42 Å². The highest BCUT2D eigenvalue weighted by molar-refractivity contribution is 5.84. The number of nitrogens with one attached hydrogen (secondary N) is 2. The lowest BCUT2D eigenvalue weighted by atomic mass is 10.1. The van der Waals surface area contributed by atoms with E-state index in [4.69, 9.17) is 0 Å². The Hall–Kier alpha value is -2.04. The summed E-state index contributed by atoms with van der Waals surface area (Å²) in [6, 6.07) is 5.06. The van der Waals surface area contributed by atoms with Gasteiger partial charge in [-0.15, -0.1) is 0 Å². The summed E-state index contributed by atoms with van der Waals surface area (Å²) in [7, 11) is 0. The van der Waals surface area contributed by atoms with Crippen LogP contribution in [0.2, 0.25) is 0 Å². The van der Waals surface area contributed by atoms with E-state index in [9.17, 15) is 14.3 Å². The van der Waals surface area contributed by atoms with Crippen molar-refractivity contribution in [1.82, 2.24) is 10.3 Å². The second-order valence-electron chi connectivity index (χ2n) is 3.78. The molecule has 90 valence electrons. The van der Waals surface area contributed by atoms with Crippen LogP contribution in [-0.2, 0) is 11.2 Å². The molecule has 0 saturated carbocycles. The Morgan fingerprint density at radius 3 is 3.06 bits per heavy atom. The van der Waals surface area contributed by atoms with Crippen molar-refractivity contribution >= 4 is 16.8 Å². The summed E-state index contributed by atoms with van der Waals surface area (Å²) in [5, 5.41) is 12.8. The van der Waals surface area contributed by atoms with Crippen LogP contribution < -0.4 is 5.32 Å². The first-order valence-electron chi connectivity index (χ1n) is 5.32. The molecule has 1 heterocycles. The van der Waals surface area contributed by atoms with Crippen LogP contribution in [0, 0.1) is 0 Å². The van der Waals surface area contributed by atoms with Crippen molar-refractivity contribution in [2.24, 2.45) is 0 Å². The molecule has 17 heavy (non-hydrogen) atoms. The average Bonchev–Trinajstić information content (AvgIpc) is 2.72. The Morgan fingerprint density at radius 1 is 1.47 bits per heavy atom. The number of rotatable bonds is 4. The van der Waals surface area contributed by atoms with Gasteiger partial charge in [-0.3, -0.25) is 4.79 Å². The lowest BCUT2D eigenvalue weighted by Crippen LogP contribution is -2.26. The van der Waals surface area contributed by atoms with Gasteiger partial charge in [0, 0.05) is 23.6 Å². The second-order valence-corrected chi connectivity index (χ2v) is 3.78. The first kappa shape index (κ1) is 11.4. The first-order valence-corrected chi connectivity index (χ1v) is 5.32. The zero-order valence-corrected chi connectivity index (χ0v) is 9.16. The van der Waals surface area contributed by atoms with Gasteiger partial charge in [0.05, 0.1) is 0 Å². The molecule has 0 radical (unpaired) electrons. The predicted molar refractivity (Wildman–Crippen MR) is 62.7 cm³/mol. The highest BCUT2D eigenvalue weighted by atomic mass is 18.2. The number of carbonyl (C=O) groups is 1.